The van der Waals surface area contributed by atoms with Crippen LogP contribution < -0.4 is 5.32 Å². The van der Waals surface area contributed by atoms with Crippen molar-refractivity contribution in [1.82, 2.24) is 10.2 Å². The van der Waals surface area contributed by atoms with Crippen LogP contribution in [0.4, 0.5) is 0 Å². The molecule has 17 heavy (non-hydrogen) atoms. The maximum atomic E-state index is 3.69. The fraction of sp³-hybridized carbons (Fsp3) is 0.714. The van der Waals surface area contributed by atoms with Gasteiger partial charge in [0, 0.05) is 31.7 Å². The van der Waals surface area contributed by atoms with Gasteiger partial charge in [0.05, 0.1) is 0 Å². The van der Waals surface area contributed by atoms with Gasteiger partial charge >= 0.3 is 0 Å². The summed E-state index contributed by atoms with van der Waals surface area (Å²) in [5.74, 6) is 0.771. The fourth-order valence-electron chi connectivity index (χ4n) is 2.45. The van der Waals surface area contributed by atoms with E-state index < -0.39 is 0 Å². The summed E-state index contributed by atoms with van der Waals surface area (Å²) in [4.78, 5) is 2.62. The molecule has 1 aliphatic heterocycles. The monoisotopic (exact) mass is 252 g/mol. The molecular formula is C14H24N2S. The van der Waals surface area contributed by atoms with E-state index in [0.717, 1.165) is 19.0 Å². The molecule has 1 saturated heterocycles. The average Bonchev–Trinajstić information content (AvgIpc) is 2.84. The lowest BCUT2D eigenvalue weighted by Gasteiger charge is -2.40. The van der Waals surface area contributed by atoms with Crippen molar-refractivity contribution >= 4 is 11.3 Å². The minimum Gasteiger partial charge on any atom is -0.311 e. The van der Waals surface area contributed by atoms with Crippen molar-refractivity contribution in [3.8, 4) is 0 Å². The molecule has 1 fully saturated rings. The third kappa shape index (κ3) is 3.30. The Morgan fingerprint density at radius 2 is 2.41 bits per heavy atom. The molecule has 0 aromatic carbocycles. The molecule has 0 aliphatic carbocycles. The first-order chi connectivity index (χ1) is 8.20. The van der Waals surface area contributed by atoms with Crippen LogP contribution in [0.25, 0.3) is 0 Å². The second-order valence-electron chi connectivity index (χ2n) is 5.31. The van der Waals surface area contributed by atoms with E-state index in [-0.39, 0.29) is 0 Å². The highest BCUT2D eigenvalue weighted by atomic mass is 32.1. The van der Waals surface area contributed by atoms with Crippen LogP contribution in [-0.2, 0) is 6.54 Å². The van der Waals surface area contributed by atoms with Crippen molar-refractivity contribution < 1.29 is 0 Å². The summed E-state index contributed by atoms with van der Waals surface area (Å²) in [6, 6.07) is 3.56. The highest BCUT2D eigenvalue weighted by Crippen LogP contribution is 2.18. The molecule has 3 heteroatoms. The van der Waals surface area contributed by atoms with Crippen LogP contribution >= 0.6 is 11.3 Å². The molecule has 0 saturated carbocycles. The van der Waals surface area contributed by atoms with E-state index >= 15 is 0 Å². The van der Waals surface area contributed by atoms with Gasteiger partial charge in [-0.15, -0.1) is 0 Å². The van der Waals surface area contributed by atoms with Crippen LogP contribution in [0.3, 0.4) is 0 Å². The SMILES string of the molecule is CCC(C)C1CN(Cc2ccsc2)C(C)CN1. The van der Waals surface area contributed by atoms with E-state index in [0.29, 0.717) is 12.1 Å². The molecule has 2 nitrogen and oxygen atoms in total. The molecule has 0 radical (unpaired) electrons. The van der Waals surface area contributed by atoms with Crippen LogP contribution in [-0.4, -0.2) is 30.1 Å². The molecule has 3 atom stereocenters. The zero-order chi connectivity index (χ0) is 12.3. The van der Waals surface area contributed by atoms with E-state index in [9.17, 15) is 0 Å². The van der Waals surface area contributed by atoms with E-state index in [2.05, 4.69) is 47.8 Å². The van der Waals surface area contributed by atoms with Crippen LogP contribution in [0.5, 0.6) is 0 Å². The Morgan fingerprint density at radius 1 is 1.59 bits per heavy atom. The van der Waals surface area contributed by atoms with Gasteiger partial charge in [-0.3, -0.25) is 4.90 Å². The second kappa shape index (κ2) is 5.98. The van der Waals surface area contributed by atoms with Crippen molar-refractivity contribution in [3.63, 3.8) is 0 Å². The second-order valence-corrected chi connectivity index (χ2v) is 6.09. The summed E-state index contributed by atoms with van der Waals surface area (Å²) in [7, 11) is 0. The lowest BCUT2D eigenvalue weighted by Crippen LogP contribution is -2.56. The van der Waals surface area contributed by atoms with E-state index in [4.69, 9.17) is 0 Å². The van der Waals surface area contributed by atoms with Crippen LogP contribution in [0.2, 0.25) is 0 Å². The van der Waals surface area contributed by atoms with E-state index in [1.54, 1.807) is 11.3 Å². The minimum absolute atomic E-state index is 0.648. The highest BCUT2D eigenvalue weighted by molar-refractivity contribution is 7.07. The fourth-order valence-corrected chi connectivity index (χ4v) is 3.11. The van der Waals surface area contributed by atoms with Gasteiger partial charge in [-0.2, -0.15) is 11.3 Å². The number of hydrogen-bond donors (Lipinski definition) is 1. The summed E-state index contributed by atoms with van der Waals surface area (Å²) in [5.41, 5.74) is 1.46. The predicted molar refractivity (Wildman–Crippen MR) is 75.4 cm³/mol. The molecule has 1 aromatic rings. The normalized spacial score (nSPS) is 28.2. The number of nitrogens with one attached hydrogen (secondary N) is 1. The molecular weight excluding hydrogens is 228 g/mol. The third-order valence-electron chi connectivity index (χ3n) is 4.03. The zero-order valence-corrected chi connectivity index (χ0v) is 12.0. The molecule has 0 spiro atoms. The van der Waals surface area contributed by atoms with Crippen LogP contribution in [0, 0.1) is 5.92 Å². The quantitative estimate of drug-likeness (QED) is 0.886. The smallest absolute Gasteiger partial charge is 0.0246 e. The first-order valence-electron chi connectivity index (χ1n) is 6.69. The van der Waals surface area contributed by atoms with Crippen molar-refractivity contribution in [2.75, 3.05) is 13.1 Å². The predicted octanol–water partition coefficient (Wildman–Crippen LogP) is 2.96. The van der Waals surface area contributed by atoms with E-state index in [1.165, 1.54) is 18.5 Å². The lowest BCUT2D eigenvalue weighted by atomic mass is 9.95. The van der Waals surface area contributed by atoms with Gasteiger partial charge in [0.1, 0.15) is 0 Å². The largest absolute Gasteiger partial charge is 0.311 e. The van der Waals surface area contributed by atoms with Crippen molar-refractivity contribution in [2.24, 2.45) is 5.92 Å². The molecule has 2 rings (SSSR count). The first-order valence-corrected chi connectivity index (χ1v) is 7.63. The summed E-state index contributed by atoms with van der Waals surface area (Å²) >= 11 is 1.80. The first kappa shape index (κ1) is 13.1. The summed E-state index contributed by atoms with van der Waals surface area (Å²) in [6.07, 6.45) is 1.26. The molecule has 3 unspecified atom stereocenters. The molecule has 1 aliphatic rings. The van der Waals surface area contributed by atoms with Gasteiger partial charge in [0.15, 0.2) is 0 Å². The Morgan fingerprint density at radius 3 is 3.06 bits per heavy atom. The minimum atomic E-state index is 0.648. The molecule has 0 amide bonds. The third-order valence-corrected chi connectivity index (χ3v) is 4.76. The lowest BCUT2D eigenvalue weighted by molar-refractivity contribution is 0.112. The highest BCUT2D eigenvalue weighted by Gasteiger charge is 2.27. The Bertz CT molecular complexity index is 323. The van der Waals surface area contributed by atoms with Crippen LogP contribution in [0.15, 0.2) is 16.8 Å². The summed E-state index contributed by atoms with van der Waals surface area (Å²) in [6.45, 7) is 10.4. The Balaban J connectivity index is 1.95. The van der Waals surface area contributed by atoms with Gasteiger partial charge in [-0.1, -0.05) is 20.3 Å². The molecule has 96 valence electrons. The van der Waals surface area contributed by atoms with Gasteiger partial charge in [-0.25, -0.2) is 0 Å². The average molecular weight is 252 g/mol. The van der Waals surface area contributed by atoms with Gasteiger partial charge in [0.2, 0.25) is 0 Å². The molecule has 0 bridgehead atoms. The topological polar surface area (TPSA) is 15.3 Å². The van der Waals surface area contributed by atoms with Crippen molar-refractivity contribution in [1.29, 1.82) is 0 Å². The number of hydrogen-bond acceptors (Lipinski definition) is 3. The standard InChI is InChI=1S/C14H24N2S/c1-4-11(2)14-9-16(12(3)7-15-14)8-13-5-6-17-10-13/h5-6,10-12,14-15H,4,7-9H2,1-3H3. The maximum absolute atomic E-state index is 3.69. The van der Waals surface area contributed by atoms with Gasteiger partial charge in [-0.05, 0) is 35.2 Å². The number of rotatable bonds is 4. The van der Waals surface area contributed by atoms with Gasteiger partial charge < -0.3 is 5.32 Å². The maximum Gasteiger partial charge on any atom is 0.0246 e. The van der Waals surface area contributed by atoms with Gasteiger partial charge in [0.25, 0.3) is 0 Å². The zero-order valence-electron chi connectivity index (χ0n) is 11.1. The van der Waals surface area contributed by atoms with E-state index in [1.807, 2.05) is 0 Å². The molecule has 1 N–H and O–H groups in total. The molecule has 2 heterocycles. The Hall–Kier alpha value is -0.380. The van der Waals surface area contributed by atoms with Crippen molar-refractivity contribution in [2.45, 2.75) is 45.8 Å². The summed E-state index contributed by atoms with van der Waals surface area (Å²) < 4.78 is 0. The number of nitrogens with zero attached hydrogens (tertiary/aromatic N) is 1. The number of thiophene rings is 1. The Labute approximate surface area is 109 Å². The Kier molecular flexibility index (Phi) is 4.60. The van der Waals surface area contributed by atoms with Crippen molar-refractivity contribution in [3.05, 3.63) is 22.4 Å². The summed E-state index contributed by atoms with van der Waals surface area (Å²) in [5, 5.41) is 8.14. The van der Waals surface area contributed by atoms with Crippen LogP contribution in [0.1, 0.15) is 32.8 Å². The molecule has 1 aromatic heterocycles. The number of piperazine rings is 1.